The van der Waals surface area contributed by atoms with Gasteiger partial charge in [0.2, 0.25) is 0 Å². The Balaban J connectivity index is 0.00000144. The average molecular weight is 256 g/mol. The molecule has 94 valence electrons. The first-order valence-corrected chi connectivity index (χ1v) is 5.74. The zero-order valence-electron chi connectivity index (χ0n) is 9.69. The first kappa shape index (κ1) is 14.1. The molecule has 0 bridgehead atoms. The van der Waals surface area contributed by atoms with Crippen LogP contribution in [-0.2, 0) is 0 Å². The molecule has 0 radical (unpaired) electrons. The number of pyridine rings is 1. The molecule has 0 unspecified atom stereocenters. The highest BCUT2D eigenvalue weighted by Gasteiger charge is 2.14. The molecule has 4 nitrogen and oxygen atoms in total. The second-order valence-electron chi connectivity index (χ2n) is 4.06. The van der Waals surface area contributed by atoms with Gasteiger partial charge in [0.05, 0.1) is 6.54 Å². The number of piperidine rings is 1. The second-order valence-corrected chi connectivity index (χ2v) is 4.06. The fourth-order valence-corrected chi connectivity index (χ4v) is 1.88. The Labute approximate surface area is 108 Å². The number of carbonyl (C=O) groups is 1. The van der Waals surface area contributed by atoms with Crippen LogP contribution in [0.3, 0.4) is 0 Å². The van der Waals surface area contributed by atoms with E-state index in [0.29, 0.717) is 18.3 Å². The van der Waals surface area contributed by atoms with Crippen LogP contribution in [0.15, 0.2) is 24.4 Å². The summed E-state index contributed by atoms with van der Waals surface area (Å²) in [5.74, 6) is 0.0613. The molecule has 2 heterocycles. The first-order valence-electron chi connectivity index (χ1n) is 5.74. The quantitative estimate of drug-likeness (QED) is 0.789. The van der Waals surface area contributed by atoms with Gasteiger partial charge >= 0.3 is 0 Å². The number of halogens is 1. The molecule has 1 atom stereocenters. The minimum Gasteiger partial charge on any atom is -0.315 e. The van der Waals surface area contributed by atoms with E-state index in [0.717, 1.165) is 19.5 Å². The molecule has 1 fully saturated rings. The predicted molar refractivity (Wildman–Crippen MR) is 69.7 cm³/mol. The normalized spacial score (nSPS) is 19.4. The average Bonchev–Trinajstić information content (AvgIpc) is 2.38. The van der Waals surface area contributed by atoms with E-state index in [9.17, 15) is 4.79 Å². The van der Waals surface area contributed by atoms with Gasteiger partial charge in [0.1, 0.15) is 5.69 Å². The van der Waals surface area contributed by atoms with Gasteiger partial charge in [-0.25, -0.2) is 0 Å². The fraction of sp³-hybridized carbons (Fsp3) is 0.500. The Hall–Kier alpha value is -0.970. The van der Waals surface area contributed by atoms with Crippen molar-refractivity contribution in [2.24, 2.45) is 0 Å². The molecule has 1 aliphatic heterocycles. The van der Waals surface area contributed by atoms with E-state index in [-0.39, 0.29) is 18.2 Å². The minimum atomic E-state index is 0. The zero-order chi connectivity index (χ0) is 11.2. The number of hydrogen-bond acceptors (Lipinski definition) is 4. The van der Waals surface area contributed by atoms with E-state index < -0.39 is 0 Å². The molecular weight excluding hydrogens is 238 g/mol. The molecule has 17 heavy (non-hydrogen) atoms. The fourth-order valence-electron chi connectivity index (χ4n) is 1.88. The van der Waals surface area contributed by atoms with Crippen LogP contribution in [0, 0.1) is 0 Å². The summed E-state index contributed by atoms with van der Waals surface area (Å²) in [6.45, 7) is 2.42. The molecule has 2 rings (SSSR count). The number of Topliss-reactive ketones (excluding diaryl/α,β-unsaturated/α-hetero) is 1. The summed E-state index contributed by atoms with van der Waals surface area (Å²) in [6.07, 6.45) is 3.97. The minimum absolute atomic E-state index is 0. The van der Waals surface area contributed by atoms with Crippen LogP contribution in [-0.4, -0.2) is 36.4 Å². The third-order valence-electron chi connectivity index (χ3n) is 2.80. The Morgan fingerprint density at radius 1 is 1.53 bits per heavy atom. The summed E-state index contributed by atoms with van der Waals surface area (Å²) in [5, 5.41) is 6.58. The summed E-state index contributed by atoms with van der Waals surface area (Å²) in [5.41, 5.74) is 0.541. The number of aromatic nitrogens is 1. The van der Waals surface area contributed by atoms with Crippen molar-refractivity contribution < 1.29 is 4.79 Å². The van der Waals surface area contributed by atoms with Gasteiger partial charge in [0, 0.05) is 18.8 Å². The summed E-state index contributed by atoms with van der Waals surface area (Å²) in [6, 6.07) is 5.82. The van der Waals surface area contributed by atoms with Gasteiger partial charge in [0.25, 0.3) is 0 Å². The van der Waals surface area contributed by atoms with Crippen molar-refractivity contribution >= 4 is 18.2 Å². The lowest BCUT2D eigenvalue weighted by molar-refractivity contribution is 0.0981. The second kappa shape index (κ2) is 7.37. The summed E-state index contributed by atoms with van der Waals surface area (Å²) in [7, 11) is 0. The van der Waals surface area contributed by atoms with E-state index >= 15 is 0 Å². The van der Waals surface area contributed by atoms with Crippen LogP contribution in [0.25, 0.3) is 0 Å². The van der Waals surface area contributed by atoms with Gasteiger partial charge in [-0.1, -0.05) is 6.07 Å². The highest BCUT2D eigenvalue weighted by atomic mass is 35.5. The Morgan fingerprint density at radius 3 is 3.06 bits per heavy atom. The third kappa shape index (κ3) is 4.42. The van der Waals surface area contributed by atoms with Crippen molar-refractivity contribution in [2.75, 3.05) is 19.6 Å². The topological polar surface area (TPSA) is 54.0 Å². The Bertz CT molecular complexity index is 339. The molecule has 1 saturated heterocycles. The highest BCUT2D eigenvalue weighted by molar-refractivity contribution is 5.95. The van der Waals surface area contributed by atoms with E-state index in [1.807, 2.05) is 12.1 Å². The van der Waals surface area contributed by atoms with Crippen LogP contribution in [0.1, 0.15) is 23.3 Å². The monoisotopic (exact) mass is 255 g/mol. The van der Waals surface area contributed by atoms with Gasteiger partial charge in [-0.3, -0.25) is 9.78 Å². The molecule has 2 N–H and O–H groups in total. The third-order valence-corrected chi connectivity index (χ3v) is 2.80. The van der Waals surface area contributed by atoms with Gasteiger partial charge in [-0.15, -0.1) is 12.4 Å². The number of hydrogen-bond donors (Lipinski definition) is 2. The summed E-state index contributed by atoms with van der Waals surface area (Å²) >= 11 is 0. The molecule has 1 aliphatic rings. The van der Waals surface area contributed by atoms with Crippen molar-refractivity contribution in [3.63, 3.8) is 0 Å². The predicted octanol–water partition coefficient (Wildman–Crippen LogP) is 1.03. The molecular formula is C12H18ClN3O. The molecule has 0 spiro atoms. The maximum atomic E-state index is 11.7. The van der Waals surface area contributed by atoms with Crippen LogP contribution < -0.4 is 10.6 Å². The maximum Gasteiger partial charge on any atom is 0.194 e. The first-order chi connectivity index (χ1) is 7.86. The lowest BCUT2D eigenvalue weighted by Crippen LogP contribution is -2.44. The SMILES string of the molecule is Cl.O=C(CN[C@H]1CCCNC1)c1ccccn1. The number of ketones is 1. The largest absolute Gasteiger partial charge is 0.315 e. The van der Waals surface area contributed by atoms with Crippen molar-refractivity contribution in [1.29, 1.82) is 0 Å². The molecule has 0 amide bonds. The molecule has 1 aromatic rings. The van der Waals surface area contributed by atoms with E-state index in [4.69, 9.17) is 0 Å². The molecule has 0 aliphatic carbocycles. The summed E-state index contributed by atoms with van der Waals surface area (Å²) in [4.78, 5) is 15.8. The van der Waals surface area contributed by atoms with Gasteiger partial charge in [-0.05, 0) is 31.5 Å². The van der Waals surface area contributed by atoms with Crippen molar-refractivity contribution in [3.05, 3.63) is 30.1 Å². The van der Waals surface area contributed by atoms with Crippen LogP contribution in [0.4, 0.5) is 0 Å². The standard InChI is InChI=1S/C12H17N3O.ClH/c16-12(11-5-1-2-7-14-11)9-15-10-4-3-6-13-8-10;/h1-2,5,7,10,13,15H,3-4,6,8-9H2;1H/t10-;/m0./s1. The van der Waals surface area contributed by atoms with Crippen molar-refractivity contribution in [2.45, 2.75) is 18.9 Å². The van der Waals surface area contributed by atoms with Crippen molar-refractivity contribution in [3.8, 4) is 0 Å². The molecule has 1 aromatic heterocycles. The highest BCUT2D eigenvalue weighted by Crippen LogP contribution is 2.01. The van der Waals surface area contributed by atoms with Crippen molar-refractivity contribution in [1.82, 2.24) is 15.6 Å². The van der Waals surface area contributed by atoms with Crippen LogP contribution in [0.2, 0.25) is 0 Å². The molecule has 0 saturated carbocycles. The Morgan fingerprint density at radius 2 is 2.41 bits per heavy atom. The van der Waals surface area contributed by atoms with E-state index in [1.54, 1.807) is 12.3 Å². The lowest BCUT2D eigenvalue weighted by Gasteiger charge is -2.23. The molecule has 5 heteroatoms. The molecule has 0 aromatic carbocycles. The van der Waals surface area contributed by atoms with Crippen LogP contribution >= 0.6 is 12.4 Å². The van der Waals surface area contributed by atoms with Crippen LogP contribution in [0.5, 0.6) is 0 Å². The van der Waals surface area contributed by atoms with Gasteiger partial charge in [-0.2, -0.15) is 0 Å². The Kier molecular flexibility index (Phi) is 6.11. The maximum absolute atomic E-state index is 11.7. The van der Waals surface area contributed by atoms with E-state index in [2.05, 4.69) is 15.6 Å². The number of rotatable bonds is 4. The lowest BCUT2D eigenvalue weighted by atomic mass is 10.1. The van der Waals surface area contributed by atoms with E-state index in [1.165, 1.54) is 6.42 Å². The number of carbonyl (C=O) groups excluding carboxylic acids is 1. The summed E-state index contributed by atoms with van der Waals surface area (Å²) < 4.78 is 0. The number of nitrogens with zero attached hydrogens (tertiary/aromatic N) is 1. The number of nitrogens with one attached hydrogen (secondary N) is 2. The van der Waals surface area contributed by atoms with Gasteiger partial charge in [0.15, 0.2) is 5.78 Å². The van der Waals surface area contributed by atoms with Gasteiger partial charge < -0.3 is 10.6 Å². The zero-order valence-corrected chi connectivity index (χ0v) is 10.5. The smallest absolute Gasteiger partial charge is 0.194 e.